The SMILES string of the molecule is C=C=NC. The largest absolute Gasteiger partial charge is 0.247 e. The molecule has 22 valence electrons. The van der Waals surface area contributed by atoms with Gasteiger partial charge < -0.3 is 0 Å². The van der Waals surface area contributed by atoms with Gasteiger partial charge in [0.05, 0.1) is 0 Å². The van der Waals surface area contributed by atoms with Crippen molar-refractivity contribution in [2.24, 2.45) is 4.99 Å². The third kappa shape index (κ3) is 1.45. The van der Waals surface area contributed by atoms with E-state index < -0.39 is 0 Å². The standard InChI is InChI=1S/C3H5N/c1-3-4-2/h1H2,2H3. The van der Waals surface area contributed by atoms with Crippen LogP contribution < -0.4 is 0 Å². The van der Waals surface area contributed by atoms with Crippen molar-refractivity contribution in [2.75, 3.05) is 7.05 Å². The summed E-state index contributed by atoms with van der Waals surface area (Å²) >= 11 is 0. The molecule has 0 saturated heterocycles. The van der Waals surface area contributed by atoms with Crippen molar-refractivity contribution >= 4 is 5.87 Å². The lowest BCUT2D eigenvalue weighted by atomic mass is 11.1. The van der Waals surface area contributed by atoms with E-state index in [9.17, 15) is 0 Å². The van der Waals surface area contributed by atoms with Gasteiger partial charge in [-0.1, -0.05) is 0 Å². The molecule has 0 aliphatic rings. The van der Waals surface area contributed by atoms with Crippen LogP contribution in [0.25, 0.3) is 0 Å². The minimum absolute atomic E-state index is 1.63. The lowest BCUT2D eigenvalue weighted by Gasteiger charge is -1.42. The van der Waals surface area contributed by atoms with Crippen LogP contribution in [0.15, 0.2) is 11.6 Å². The summed E-state index contributed by atoms with van der Waals surface area (Å²) < 4.78 is 0. The van der Waals surface area contributed by atoms with Crippen molar-refractivity contribution in [3.63, 3.8) is 0 Å². The molecule has 0 heterocycles. The Morgan fingerprint density at radius 2 is 2.25 bits per heavy atom. The molecule has 1 nitrogen and oxygen atoms in total. The van der Waals surface area contributed by atoms with Gasteiger partial charge in [-0.05, 0) is 12.4 Å². The molecule has 0 fully saturated rings. The number of hydrogen-bond donors (Lipinski definition) is 0. The van der Waals surface area contributed by atoms with Gasteiger partial charge in [0.15, 0.2) is 0 Å². The Balaban J connectivity index is 3.11. The summed E-state index contributed by atoms with van der Waals surface area (Å²) in [6.07, 6.45) is 0. The van der Waals surface area contributed by atoms with E-state index in [1.807, 2.05) is 0 Å². The quantitative estimate of drug-likeness (QED) is 0.357. The van der Waals surface area contributed by atoms with Crippen molar-refractivity contribution < 1.29 is 0 Å². The van der Waals surface area contributed by atoms with E-state index in [1.54, 1.807) is 7.05 Å². The minimum atomic E-state index is 1.63. The Morgan fingerprint density at radius 3 is 2.25 bits per heavy atom. The fourth-order valence-electron chi connectivity index (χ4n) is 0. The molecule has 0 aliphatic carbocycles. The highest BCUT2D eigenvalue weighted by molar-refractivity contribution is 5.45. The monoisotopic (exact) mass is 55.0 g/mol. The van der Waals surface area contributed by atoms with Crippen molar-refractivity contribution in [1.29, 1.82) is 0 Å². The van der Waals surface area contributed by atoms with Gasteiger partial charge in [0.1, 0.15) is 0 Å². The van der Waals surface area contributed by atoms with Crippen LogP contribution in [-0.2, 0) is 0 Å². The molecule has 0 aromatic heterocycles. The maximum absolute atomic E-state index is 3.38. The first-order chi connectivity index (χ1) is 1.91. The van der Waals surface area contributed by atoms with Gasteiger partial charge in [0.25, 0.3) is 0 Å². The molecule has 4 heavy (non-hydrogen) atoms. The van der Waals surface area contributed by atoms with Crippen LogP contribution in [0.4, 0.5) is 0 Å². The zero-order chi connectivity index (χ0) is 3.41. The molecule has 0 aliphatic heterocycles. The third-order valence-corrected chi connectivity index (χ3v) is 0.158. The van der Waals surface area contributed by atoms with Gasteiger partial charge in [-0.3, -0.25) is 0 Å². The van der Waals surface area contributed by atoms with Crippen LogP contribution >= 0.6 is 0 Å². The molecule has 0 radical (unpaired) electrons. The van der Waals surface area contributed by atoms with E-state index in [0.29, 0.717) is 0 Å². The van der Waals surface area contributed by atoms with Crippen molar-refractivity contribution in [3.05, 3.63) is 6.58 Å². The number of nitrogens with zero attached hydrogens (tertiary/aromatic N) is 1. The summed E-state index contributed by atoms with van der Waals surface area (Å²) in [5, 5.41) is 0. The van der Waals surface area contributed by atoms with E-state index >= 15 is 0 Å². The maximum Gasteiger partial charge on any atom is 0.0371 e. The predicted molar refractivity (Wildman–Crippen MR) is 19.0 cm³/mol. The minimum Gasteiger partial charge on any atom is -0.247 e. The molecule has 0 atom stereocenters. The molecule has 0 saturated carbocycles. The first kappa shape index (κ1) is 3.45. The number of rotatable bonds is 0. The Kier molecular flexibility index (Phi) is 2.11. The molecule has 0 rings (SSSR count). The molecular formula is C3H5N. The number of hydrogen-bond acceptors (Lipinski definition) is 1. The lowest BCUT2D eigenvalue weighted by molar-refractivity contribution is 1.49. The van der Waals surface area contributed by atoms with Crippen LogP contribution in [0.2, 0.25) is 0 Å². The summed E-state index contributed by atoms with van der Waals surface area (Å²) in [4.78, 5) is 3.38. The average Bonchev–Trinajstić information content (AvgIpc) is 1.37. The van der Waals surface area contributed by atoms with Crippen LogP contribution in [0.3, 0.4) is 0 Å². The Labute approximate surface area is 25.7 Å². The molecule has 0 N–H and O–H groups in total. The van der Waals surface area contributed by atoms with Crippen LogP contribution in [0, 0.1) is 0 Å². The van der Waals surface area contributed by atoms with E-state index in [4.69, 9.17) is 0 Å². The second kappa shape index (κ2) is 2.45. The Morgan fingerprint density at radius 1 is 2.00 bits per heavy atom. The smallest absolute Gasteiger partial charge is 0.0371 e. The molecular weight excluding hydrogens is 50.0 g/mol. The van der Waals surface area contributed by atoms with Gasteiger partial charge in [-0.2, -0.15) is 0 Å². The van der Waals surface area contributed by atoms with Gasteiger partial charge in [-0.25, -0.2) is 4.99 Å². The highest BCUT2D eigenvalue weighted by Crippen LogP contribution is 1.29. The van der Waals surface area contributed by atoms with Gasteiger partial charge in [-0.15, -0.1) is 0 Å². The third-order valence-electron chi connectivity index (χ3n) is 0.158. The summed E-state index contributed by atoms with van der Waals surface area (Å²) in [5.41, 5.74) is 0. The van der Waals surface area contributed by atoms with Gasteiger partial charge in [0.2, 0.25) is 0 Å². The van der Waals surface area contributed by atoms with Crippen LogP contribution in [0.1, 0.15) is 0 Å². The van der Waals surface area contributed by atoms with E-state index in [2.05, 4.69) is 17.4 Å². The molecule has 0 aromatic carbocycles. The van der Waals surface area contributed by atoms with E-state index in [1.165, 1.54) is 0 Å². The maximum atomic E-state index is 3.38. The average molecular weight is 55.1 g/mol. The zero-order valence-corrected chi connectivity index (χ0v) is 2.65. The number of aliphatic imine (C=N–C) groups is 1. The molecule has 0 unspecified atom stereocenters. The van der Waals surface area contributed by atoms with Gasteiger partial charge in [0, 0.05) is 7.05 Å². The molecule has 0 amide bonds. The first-order valence-electron chi connectivity index (χ1n) is 1.02. The van der Waals surface area contributed by atoms with Crippen LogP contribution in [0.5, 0.6) is 0 Å². The van der Waals surface area contributed by atoms with Crippen molar-refractivity contribution in [2.45, 2.75) is 0 Å². The first-order valence-corrected chi connectivity index (χ1v) is 1.02. The Bertz CT molecular complexity index is 41.2. The highest BCUT2D eigenvalue weighted by atomic mass is 14.6. The highest BCUT2D eigenvalue weighted by Gasteiger charge is 1.21. The summed E-state index contributed by atoms with van der Waals surface area (Å²) in [6, 6.07) is 0. The summed E-state index contributed by atoms with van der Waals surface area (Å²) in [5.74, 6) is 2.31. The van der Waals surface area contributed by atoms with Gasteiger partial charge >= 0.3 is 0 Å². The topological polar surface area (TPSA) is 12.4 Å². The molecule has 0 spiro atoms. The fraction of sp³-hybridized carbons (Fsp3) is 0.333. The summed E-state index contributed by atoms with van der Waals surface area (Å²) in [6.45, 7) is 3.19. The zero-order valence-electron chi connectivity index (χ0n) is 2.65. The van der Waals surface area contributed by atoms with Crippen LogP contribution in [-0.4, -0.2) is 12.9 Å². The van der Waals surface area contributed by atoms with E-state index in [0.717, 1.165) is 0 Å². The van der Waals surface area contributed by atoms with Crippen molar-refractivity contribution in [3.8, 4) is 0 Å². The molecule has 0 bridgehead atoms. The predicted octanol–water partition coefficient (Wildman–Crippen LogP) is 0.472. The fourth-order valence-corrected chi connectivity index (χ4v) is 0. The Hall–Kier alpha value is -0.550. The summed E-state index contributed by atoms with van der Waals surface area (Å²) in [7, 11) is 1.63. The molecule has 1 heteroatoms. The second-order valence-corrected chi connectivity index (χ2v) is 0.382. The second-order valence-electron chi connectivity index (χ2n) is 0.382. The normalized spacial score (nSPS) is 4.25. The lowest BCUT2D eigenvalue weighted by Crippen LogP contribution is -1.35. The molecule has 0 aromatic rings. The van der Waals surface area contributed by atoms with E-state index in [-0.39, 0.29) is 0 Å². The van der Waals surface area contributed by atoms with Crippen molar-refractivity contribution in [1.82, 2.24) is 0 Å².